The van der Waals surface area contributed by atoms with Crippen molar-refractivity contribution in [1.82, 2.24) is 0 Å². The van der Waals surface area contributed by atoms with Crippen LogP contribution in [-0.4, -0.2) is 25.9 Å². The van der Waals surface area contributed by atoms with Crippen LogP contribution < -0.4 is 0 Å². The van der Waals surface area contributed by atoms with E-state index in [1.54, 1.807) is 6.92 Å². The third-order valence-electron chi connectivity index (χ3n) is 5.46. The molecule has 0 heterocycles. The monoisotopic (exact) mass is 366 g/mol. The lowest BCUT2D eigenvalue weighted by atomic mass is 9.55. The molecular weight excluding hydrogens is 348 g/mol. The Morgan fingerprint density at radius 1 is 0.917 bits per heavy atom. The van der Waals surface area contributed by atoms with E-state index < -0.39 is 45.8 Å². The first kappa shape index (κ1) is 17.7. The number of hydrogen-bond donors (Lipinski definition) is 0. The van der Waals surface area contributed by atoms with Gasteiger partial charge in [-0.2, -0.15) is 26.0 Å². The van der Waals surface area contributed by atoms with Gasteiger partial charge in [-0.1, -0.05) is 24.6 Å². The lowest BCUT2D eigenvalue weighted by Gasteiger charge is -2.58. The largest absolute Gasteiger partial charge is 0.340 e. The number of rotatable bonds is 3. The van der Waals surface area contributed by atoms with Crippen LogP contribution >= 0.6 is 0 Å². The van der Waals surface area contributed by atoms with Gasteiger partial charge in [0.1, 0.15) is 0 Å². The van der Waals surface area contributed by atoms with Crippen LogP contribution in [0.3, 0.4) is 0 Å². The van der Waals surface area contributed by atoms with Crippen molar-refractivity contribution in [3.05, 3.63) is 29.8 Å². The van der Waals surface area contributed by atoms with Gasteiger partial charge in [0.25, 0.3) is 10.1 Å². The van der Waals surface area contributed by atoms with E-state index in [9.17, 15) is 26.0 Å². The quantitative estimate of drug-likeness (QED) is 0.592. The van der Waals surface area contributed by atoms with Gasteiger partial charge in [-0.15, -0.1) is 0 Å². The van der Waals surface area contributed by atoms with Gasteiger partial charge >= 0.3 is 11.8 Å². The van der Waals surface area contributed by atoms with Crippen molar-refractivity contribution in [2.45, 2.75) is 61.9 Å². The molecular formula is C16H18F4O3S. The molecule has 0 N–H and O–H groups in total. The predicted octanol–water partition coefficient (Wildman–Crippen LogP) is 4.30. The van der Waals surface area contributed by atoms with Gasteiger partial charge in [0.15, 0.2) is 5.60 Å². The Morgan fingerprint density at radius 3 is 1.92 bits per heavy atom. The molecule has 1 aromatic carbocycles. The highest BCUT2D eigenvalue weighted by atomic mass is 32.2. The van der Waals surface area contributed by atoms with Crippen molar-refractivity contribution in [3.8, 4) is 0 Å². The fraction of sp³-hybridized carbons (Fsp3) is 0.625. The summed E-state index contributed by atoms with van der Waals surface area (Å²) >= 11 is 0. The molecule has 1 aromatic rings. The van der Waals surface area contributed by atoms with E-state index in [0.29, 0.717) is 0 Å². The van der Waals surface area contributed by atoms with Crippen molar-refractivity contribution in [1.29, 1.82) is 0 Å². The number of alkyl halides is 4. The topological polar surface area (TPSA) is 43.4 Å². The average Bonchev–Trinajstić information content (AvgIpc) is 2.48. The van der Waals surface area contributed by atoms with E-state index in [0.717, 1.165) is 12.5 Å². The molecule has 2 bridgehead atoms. The first-order chi connectivity index (χ1) is 10.9. The lowest BCUT2D eigenvalue weighted by molar-refractivity contribution is -0.371. The summed E-state index contributed by atoms with van der Waals surface area (Å²) in [6, 6.07) is 5.40. The minimum Gasteiger partial charge on any atom is -0.253 e. The van der Waals surface area contributed by atoms with E-state index >= 15 is 0 Å². The highest BCUT2D eigenvalue weighted by molar-refractivity contribution is 7.86. The first-order valence-corrected chi connectivity index (χ1v) is 9.06. The van der Waals surface area contributed by atoms with Gasteiger partial charge in [0, 0.05) is 5.41 Å². The van der Waals surface area contributed by atoms with Crippen LogP contribution in [0.1, 0.15) is 38.2 Å². The maximum absolute atomic E-state index is 14.5. The van der Waals surface area contributed by atoms with Gasteiger partial charge < -0.3 is 0 Å². The zero-order valence-corrected chi connectivity index (χ0v) is 14.1. The highest BCUT2D eigenvalue weighted by Crippen LogP contribution is 2.68. The smallest absolute Gasteiger partial charge is 0.253 e. The van der Waals surface area contributed by atoms with Crippen LogP contribution in [-0.2, 0) is 14.3 Å². The standard InChI is InChI=1S/C16H18F4O3S/c1-11-3-5-12(6-4-11)24(21,22)23-14-9-7-13(2,8-10-14)15(17,18)16(14,19)20/h3-6H,7-10H2,1-2H3. The summed E-state index contributed by atoms with van der Waals surface area (Å²) in [6.45, 7) is 2.85. The molecule has 0 aromatic heterocycles. The van der Waals surface area contributed by atoms with Crippen LogP contribution in [0, 0.1) is 12.3 Å². The third-order valence-corrected chi connectivity index (χ3v) is 6.85. The molecule has 3 aliphatic rings. The average molecular weight is 366 g/mol. The number of benzene rings is 1. The van der Waals surface area contributed by atoms with E-state index in [-0.39, 0.29) is 17.7 Å². The molecule has 0 aliphatic heterocycles. The second-order valence-corrected chi connectivity index (χ2v) is 8.60. The van der Waals surface area contributed by atoms with Crippen LogP contribution in [0.2, 0.25) is 0 Å². The number of aryl methyl sites for hydroxylation is 1. The fourth-order valence-corrected chi connectivity index (χ4v) is 4.85. The Bertz CT molecular complexity index is 748. The summed E-state index contributed by atoms with van der Waals surface area (Å²) < 4.78 is 87.3. The van der Waals surface area contributed by atoms with Crippen molar-refractivity contribution in [2.24, 2.45) is 5.41 Å². The van der Waals surface area contributed by atoms with Gasteiger partial charge in [-0.05, 0) is 44.7 Å². The van der Waals surface area contributed by atoms with Gasteiger partial charge in [-0.25, -0.2) is 0 Å². The molecule has 3 saturated carbocycles. The molecule has 134 valence electrons. The van der Waals surface area contributed by atoms with Gasteiger partial charge in [0.2, 0.25) is 0 Å². The summed E-state index contributed by atoms with van der Waals surface area (Å²) in [7, 11) is -4.58. The Balaban J connectivity index is 2.01. The molecule has 8 heteroatoms. The fourth-order valence-electron chi connectivity index (χ4n) is 3.60. The van der Waals surface area contributed by atoms with Crippen LogP contribution in [0.5, 0.6) is 0 Å². The van der Waals surface area contributed by atoms with Crippen molar-refractivity contribution in [3.63, 3.8) is 0 Å². The predicted molar refractivity (Wildman–Crippen MR) is 78.6 cm³/mol. The summed E-state index contributed by atoms with van der Waals surface area (Å²) in [5, 5.41) is 0. The number of hydrogen-bond acceptors (Lipinski definition) is 3. The SMILES string of the molecule is Cc1ccc(S(=O)(=O)OC23CCC(C)(CC2)C(F)(F)C3(F)F)cc1. The van der Waals surface area contributed by atoms with E-state index in [4.69, 9.17) is 4.18 Å². The normalized spacial score (nSPS) is 34.2. The Labute approximate surface area is 138 Å². The minimum atomic E-state index is -4.58. The summed E-state index contributed by atoms with van der Waals surface area (Å²) in [5.41, 5.74) is -3.76. The molecule has 3 nitrogen and oxygen atoms in total. The van der Waals surface area contributed by atoms with Crippen LogP contribution in [0.4, 0.5) is 17.6 Å². The van der Waals surface area contributed by atoms with E-state index in [1.165, 1.54) is 24.3 Å². The molecule has 0 atom stereocenters. The molecule has 4 rings (SSSR count). The molecule has 0 unspecified atom stereocenters. The minimum absolute atomic E-state index is 0.209. The molecule has 24 heavy (non-hydrogen) atoms. The van der Waals surface area contributed by atoms with Crippen molar-refractivity contribution in [2.75, 3.05) is 0 Å². The summed E-state index contributed by atoms with van der Waals surface area (Å²) in [6.07, 6.45) is -1.26. The molecule has 0 radical (unpaired) electrons. The summed E-state index contributed by atoms with van der Waals surface area (Å²) in [5.74, 6) is -8.87. The molecule has 3 fully saturated rings. The lowest BCUT2D eigenvalue weighted by Crippen LogP contribution is -2.73. The maximum atomic E-state index is 14.5. The number of fused-ring (bicyclic) bond motifs is 3. The third kappa shape index (κ3) is 2.15. The first-order valence-electron chi connectivity index (χ1n) is 7.65. The molecule has 0 amide bonds. The van der Waals surface area contributed by atoms with Gasteiger partial charge in [-0.3, -0.25) is 4.18 Å². The van der Waals surface area contributed by atoms with Gasteiger partial charge in [0.05, 0.1) is 4.90 Å². The Kier molecular flexibility index (Phi) is 3.64. The zero-order chi connectivity index (χ0) is 18.0. The maximum Gasteiger partial charge on any atom is 0.340 e. The van der Waals surface area contributed by atoms with Crippen molar-refractivity contribution >= 4 is 10.1 Å². The Morgan fingerprint density at radius 2 is 1.42 bits per heavy atom. The Hall–Kier alpha value is -1.15. The van der Waals surface area contributed by atoms with Crippen LogP contribution in [0.15, 0.2) is 29.2 Å². The summed E-state index contributed by atoms with van der Waals surface area (Å²) in [4.78, 5) is -0.319. The van der Waals surface area contributed by atoms with E-state index in [1.807, 2.05) is 0 Å². The van der Waals surface area contributed by atoms with Crippen molar-refractivity contribution < 1.29 is 30.2 Å². The number of halogens is 4. The van der Waals surface area contributed by atoms with E-state index in [2.05, 4.69) is 0 Å². The second kappa shape index (κ2) is 4.94. The highest BCUT2D eigenvalue weighted by Gasteiger charge is 2.81. The second-order valence-electron chi connectivity index (χ2n) is 7.05. The molecule has 3 aliphatic carbocycles. The molecule has 0 saturated heterocycles. The van der Waals surface area contributed by atoms with Crippen LogP contribution in [0.25, 0.3) is 0 Å². The molecule has 0 spiro atoms. The zero-order valence-electron chi connectivity index (χ0n) is 13.3.